The Hall–Kier alpha value is -2.73. The first-order chi connectivity index (χ1) is 18.3. The van der Waals surface area contributed by atoms with E-state index in [0.717, 1.165) is 12.0 Å². The van der Waals surface area contributed by atoms with Crippen LogP contribution in [0.15, 0.2) is 72.8 Å². The van der Waals surface area contributed by atoms with Crippen LogP contribution >= 0.6 is 34.8 Å². The maximum atomic E-state index is 13.7. The van der Waals surface area contributed by atoms with E-state index in [4.69, 9.17) is 39.5 Å². The van der Waals surface area contributed by atoms with Crippen molar-refractivity contribution in [2.45, 2.75) is 58.2 Å². The van der Waals surface area contributed by atoms with Crippen LogP contribution in [-0.4, -0.2) is 35.4 Å². The summed E-state index contributed by atoms with van der Waals surface area (Å²) in [6.07, 6.45) is 1.80. The Morgan fingerprint density at radius 1 is 0.921 bits per heavy atom. The molecule has 5 nitrogen and oxygen atoms in total. The lowest BCUT2D eigenvalue weighted by Crippen LogP contribution is -2.52. The van der Waals surface area contributed by atoms with E-state index in [0.29, 0.717) is 45.8 Å². The van der Waals surface area contributed by atoms with Gasteiger partial charge in [0.05, 0.1) is 6.61 Å². The standard InChI is InChI=1S/C30H33Cl3N2O3/c1-3-21(2)34-30(37)28(19-22-9-5-4-6-10-22)35(20-25-26(32)11-7-12-27(25)33)29(36)13-8-18-38-24-16-14-23(31)15-17-24/h4-7,9-12,14-17,21,28H,3,8,13,18-20H2,1-2H3,(H,34,37)/t21-,28+/m0/s1. The van der Waals surface area contributed by atoms with Crippen molar-refractivity contribution < 1.29 is 14.3 Å². The van der Waals surface area contributed by atoms with Gasteiger partial charge in [-0.05, 0) is 61.7 Å². The number of nitrogens with one attached hydrogen (secondary N) is 1. The van der Waals surface area contributed by atoms with Crippen molar-refractivity contribution in [3.63, 3.8) is 0 Å². The molecule has 2 amide bonds. The first-order valence-electron chi connectivity index (χ1n) is 12.7. The molecule has 3 aromatic carbocycles. The molecular formula is C30H33Cl3N2O3. The second-order valence-electron chi connectivity index (χ2n) is 9.15. The largest absolute Gasteiger partial charge is 0.494 e. The molecule has 1 N–H and O–H groups in total. The highest BCUT2D eigenvalue weighted by molar-refractivity contribution is 6.36. The molecule has 0 aliphatic rings. The van der Waals surface area contributed by atoms with Crippen LogP contribution in [0.25, 0.3) is 0 Å². The van der Waals surface area contributed by atoms with Crippen LogP contribution in [0.4, 0.5) is 0 Å². The first-order valence-corrected chi connectivity index (χ1v) is 13.9. The molecule has 202 valence electrons. The van der Waals surface area contributed by atoms with E-state index in [9.17, 15) is 9.59 Å². The van der Waals surface area contributed by atoms with Gasteiger partial charge in [0, 0.05) is 46.1 Å². The fourth-order valence-electron chi connectivity index (χ4n) is 3.94. The van der Waals surface area contributed by atoms with Crippen LogP contribution in [-0.2, 0) is 22.6 Å². The van der Waals surface area contributed by atoms with Crippen LogP contribution in [0.1, 0.15) is 44.2 Å². The summed E-state index contributed by atoms with van der Waals surface area (Å²) in [5.74, 6) is 0.287. The molecule has 2 atom stereocenters. The molecule has 0 aliphatic heterocycles. The normalized spacial score (nSPS) is 12.4. The van der Waals surface area contributed by atoms with Gasteiger partial charge >= 0.3 is 0 Å². The number of benzene rings is 3. The zero-order valence-electron chi connectivity index (χ0n) is 21.6. The van der Waals surface area contributed by atoms with E-state index >= 15 is 0 Å². The Bertz CT molecular complexity index is 1170. The van der Waals surface area contributed by atoms with Gasteiger partial charge in [0.25, 0.3) is 0 Å². The Morgan fingerprint density at radius 2 is 1.58 bits per heavy atom. The third-order valence-electron chi connectivity index (χ3n) is 6.28. The van der Waals surface area contributed by atoms with E-state index in [2.05, 4.69) is 5.32 Å². The van der Waals surface area contributed by atoms with Gasteiger partial charge in [-0.25, -0.2) is 0 Å². The summed E-state index contributed by atoms with van der Waals surface area (Å²) >= 11 is 18.9. The van der Waals surface area contributed by atoms with Crippen molar-refractivity contribution in [2.24, 2.45) is 0 Å². The van der Waals surface area contributed by atoms with Crippen molar-refractivity contribution in [1.82, 2.24) is 10.2 Å². The van der Waals surface area contributed by atoms with Crippen molar-refractivity contribution >= 4 is 46.6 Å². The summed E-state index contributed by atoms with van der Waals surface area (Å²) in [5.41, 5.74) is 1.56. The minimum absolute atomic E-state index is 0.0330. The Kier molecular flexibility index (Phi) is 11.8. The fourth-order valence-corrected chi connectivity index (χ4v) is 4.58. The summed E-state index contributed by atoms with van der Waals surface area (Å²) in [5, 5.41) is 4.58. The number of hydrogen-bond donors (Lipinski definition) is 1. The zero-order chi connectivity index (χ0) is 27.5. The van der Waals surface area contributed by atoms with E-state index in [1.807, 2.05) is 44.2 Å². The van der Waals surface area contributed by atoms with E-state index in [1.54, 1.807) is 47.4 Å². The zero-order valence-corrected chi connectivity index (χ0v) is 23.9. The number of amides is 2. The lowest BCUT2D eigenvalue weighted by atomic mass is 10.0. The summed E-state index contributed by atoms with van der Waals surface area (Å²) in [6.45, 7) is 4.41. The number of carbonyl (C=O) groups excluding carboxylic acids is 2. The third kappa shape index (κ3) is 8.93. The Labute approximate surface area is 240 Å². The number of ether oxygens (including phenoxy) is 1. The minimum atomic E-state index is -0.747. The van der Waals surface area contributed by atoms with Gasteiger partial charge in [0.15, 0.2) is 0 Å². The van der Waals surface area contributed by atoms with Crippen molar-refractivity contribution in [2.75, 3.05) is 6.61 Å². The molecule has 0 aromatic heterocycles. The minimum Gasteiger partial charge on any atom is -0.494 e. The Morgan fingerprint density at radius 3 is 2.21 bits per heavy atom. The number of hydrogen-bond acceptors (Lipinski definition) is 3. The van der Waals surface area contributed by atoms with E-state index < -0.39 is 6.04 Å². The molecule has 0 aliphatic carbocycles. The fraction of sp³-hybridized carbons (Fsp3) is 0.333. The van der Waals surface area contributed by atoms with Crippen LogP contribution in [0, 0.1) is 0 Å². The lowest BCUT2D eigenvalue weighted by Gasteiger charge is -2.33. The van der Waals surface area contributed by atoms with Crippen LogP contribution in [0.3, 0.4) is 0 Å². The Balaban J connectivity index is 1.84. The lowest BCUT2D eigenvalue weighted by molar-refractivity contribution is -0.141. The highest BCUT2D eigenvalue weighted by atomic mass is 35.5. The van der Waals surface area contributed by atoms with Crippen LogP contribution in [0.2, 0.25) is 15.1 Å². The average Bonchev–Trinajstić information content (AvgIpc) is 2.91. The summed E-state index contributed by atoms with van der Waals surface area (Å²) in [4.78, 5) is 28.9. The van der Waals surface area contributed by atoms with Gasteiger partial charge < -0.3 is 15.0 Å². The van der Waals surface area contributed by atoms with E-state index in [-0.39, 0.29) is 30.8 Å². The summed E-state index contributed by atoms with van der Waals surface area (Å²) < 4.78 is 5.77. The average molecular weight is 576 g/mol. The quantitative estimate of drug-likeness (QED) is 0.217. The molecule has 3 rings (SSSR count). The molecule has 8 heteroatoms. The van der Waals surface area contributed by atoms with Crippen LogP contribution in [0.5, 0.6) is 5.75 Å². The molecular weight excluding hydrogens is 543 g/mol. The number of halogens is 3. The van der Waals surface area contributed by atoms with Crippen molar-refractivity contribution in [1.29, 1.82) is 0 Å². The molecule has 0 unspecified atom stereocenters. The maximum Gasteiger partial charge on any atom is 0.243 e. The van der Waals surface area contributed by atoms with Gasteiger partial charge in [-0.15, -0.1) is 0 Å². The molecule has 0 saturated carbocycles. The molecule has 38 heavy (non-hydrogen) atoms. The molecule has 0 bridgehead atoms. The predicted molar refractivity (Wildman–Crippen MR) is 155 cm³/mol. The first kappa shape index (κ1) is 29.8. The predicted octanol–water partition coefficient (Wildman–Crippen LogP) is 7.36. The number of nitrogens with zero attached hydrogens (tertiary/aromatic N) is 1. The SMILES string of the molecule is CC[C@H](C)NC(=O)[C@@H](Cc1ccccc1)N(Cc1c(Cl)cccc1Cl)C(=O)CCCOc1ccc(Cl)cc1. The van der Waals surface area contributed by atoms with Gasteiger partial charge in [-0.1, -0.05) is 78.1 Å². The molecule has 0 fully saturated rings. The summed E-state index contributed by atoms with van der Waals surface area (Å²) in [7, 11) is 0. The smallest absolute Gasteiger partial charge is 0.243 e. The van der Waals surface area contributed by atoms with Gasteiger partial charge in [-0.2, -0.15) is 0 Å². The number of carbonyl (C=O) groups is 2. The molecule has 0 radical (unpaired) electrons. The molecule has 0 heterocycles. The van der Waals surface area contributed by atoms with Crippen molar-refractivity contribution in [3.05, 3.63) is 99.0 Å². The molecule has 0 saturated heterocycles. The van der Waals surface area contributed by atoms with Crippen LogP contribution < -0.4 is 10.1 Å². The summed E-state index contributed by atoms with van der Waals surface area (Å²) in [6, 6.07) is 21.2. The van der Waals surface area contributed by atoms with Gasteiger partial charge in [0.2, 0.25) is 11.8 Å². The molecule has 0 spiro atoms. The highest BCUT2D eigenvalue weighted by Crippen LogP contribution is 2.28. The second-order valence-corrected chi connectivity index (χ2v) is 10.4. The topological polar surface area (TPSA) is 58.6 Å². The maximum absolute atomic E-state index is 13.7. The van der Waals surface area contributed by atoms with E-state index in [1.165, 1.54) is 0 Å². The highest BCUT2D eigenvalue weighted by Gasteiger charge is 2.31. The molecule has 3 aromatic rings. The third-order valence-corrected chi connectivity index (χ3v) is 7.24. The van der Waals surface area contributed by atoms with Gasteiger partial charge in [0.1, 0.15) is 11.8 Å². The second kappa shape index (κ2) is 15.0. The number of rotatable bonds is 13. The van der Waals surface area contributed by atoms with Crippen molar-refractivity contribution in [3.8, 4) is 5.75 Å². The monoisotopic (exact) mass is 574 g/mol. The van der Waals surface area contributed by atoms with Gasteiger partial charge in [-0.3, -0.25) is 9.59 Å².